The molecule has 0 aromatic heterocycles. The fourth-order valence-corrected chi connectivity index (χ4v) is 13.4. The average Bonchev–Trinajstić information content (AvgIpc) is 2.14. The van der Waals surface area contributed by atoms with Crippen LogP contribution < -0.4 is 0 Å². The molecule has 3 nitrogen and oxygen atoms in total. The van der Waals surface area contributed by atoms with Crippen LogP contribution in [0.5, 0.6) is 0 Å². The summed E-state index contributed by atoms with van der Waals surface area (Å²) >= 11 is 0. The molecule has 0 aliphatic rings. The molecule has 0 fully saturated rings. The fraction of sp³-hybridized carbons (Fsp3) is 1.00. The third-order valence-electron chi connectivity index (χ3n) is 2.64. The first kappa shape index (κ1) is 17.5. The van der Waals surface area contributed by atoms with Crippen molar-refractivity contribution < 1.29 is 13.0 Å². The van der Waals surface area contributed by atoms with E-state index in [2.05, 4.69) is 32.7 Å². The predicted molar refractivity (Wildman–Crippen MR) is 81.9 cm³/mol. The van der Waals surface area contributed by atoms with Crippen LogP contribution in [0.1, 0.15) is 13.8 Å². The molecule has 0 aromatic carbocycles. The Labute approximate surface area is 111 Å². The third kappa shape index (κ3) is 8.28. The van der Waals surface area contributed by atoms with Gasteiger partial charge in [-0.15, -0.1) is 0 Å². The highest BCUT2D eigenvalue weighted by molar-refractivity contribution is 6.79. The van der Waals surface area contributed by atoms with Gasteiger partial charge in [0.1, 0.15) is 0 Å². The van der Waals surface area contributed by atoms with Gasteiger partial charge in [0.05, 0.1) is 0 Å². The lowest BCUT2D eigenvalue weighted by Crippen LogP contribution is -2.43. The van der Waals surface area contributed by atoms with E-state index in [4.69, 9.17) is 13.0 Å². The maximum atomic E-state index is 6.18. The lowest BCUT2D eigenvalue weighted by atomic mass is 10.9. The molecule has 0 rings (SSSR count). The summed E-state index contributed by atoms with van der Waals surface area (Å²) in [5.74, 6) is 0. The molecule has 0 aliphatic heterocycles. The van der Waals surface area contributed by atoms with Gasteiger partial charge in [0.15, 0.2) is 17.4 Å². The summed E-state index contributed by atoms with van der Waals surface area (Å²) in [6.07, 6.45) is 0. The highest BCUT2D eigenvalue weighted by Gasteiger charge is 2.35. The maximum Gasteiger partial charge on any atom is 0.334 e. The van der Waals surface area contributed by atoms with E-state index < -0.39 is 25.9 Å². The Morgan fingerprint density at radius 3 is 1.71 bits per heavy atom. The van der Waals surface area contributed by atoms with Crippen LogP contribution in [0, 0.1) is 0 Å². The molecule has 0 spiro atoms. The van der Waals surface area contributed by atoms with Crippen molar-refractivity contribution in [3.63, 3.8) is 0 Å². The van der Waals surface area contributed by atoms with Gasteiger partial charge >= 0.3 is 8.56 Å². The molecule has 0 saturated carbocycles. The third-order valence-corrected chi connectivity index (χ3v) is 12.0. The van der Waals surface area contributed by atoms with E-state index in [1.54, 1.807) is 0 Å². The molecule has 0 unspecified atom stereocenters. The Morgan fingerprint density at radius 2 is 1.35 bits per heavy atom. The first-order valence-electron chi connectivity index (χ1n) is 6.70. The van der Waals surface area contributed by atoms with E-state index in [1.165, 1.54) is 0 Å². The van der Waals surface area contributed by atoms with E-state index >= 15 is 0 Å². The zero-order valence-electron chi connectivity index (χ0n) is 12.6. The Balaban J connectivity index is 4.28. The second-order valence-electron chi connectivity index (χ2n) is 5.43. The lowest BCUT2D eigenvalue weighted by Gasteiger charge is -2.31. The van der Waals surface area contributed by atoms with Gasteiger partial charge in [-0.25, -0.2) is 0 Å². The van der Waals surface area contributed by atoms with E-state index in [1.807, 2.05) is 13.8 Å². The van der Waals surface area contributed by atoms with Gasteiger partial charge in [0.25, 0.3) is 0 Å². The van der Waals surface area contributed by atoms with Crippen LogP contribution in [-0.4, -0.2) is 39.1 Å². The predicted octanol–water partition coefficient (Wildman–Crippen LogP) is 3.34. The molecule has 0 atom stereocenters. The van der Waals surface area contributed by atoms with Crippen LogP contribution in [0.4, 0.5) is 0 Å². The largest absolute Gasteiger partial charge is 0.458 e. The smallest absolute Gasteiger partial charge is 0.334 e. The van der Waals surface area contributed by atoms with Crippen LogP contribution in [-0.2, 0) is 13.0 Å². The average molecular weight is 295 g/mol. The Kier molecular flexibility index (Phi) is 8.10. The maximum absolute atomic E-state index is 6.18. The normalized spacial score (nSPS) is 13.4. The van der Waals surface area contributed by atoms with Crippen molar-refractivity contribution in [2.24, 2.45) is 0 Å². The summed E-state index contributed by atoms with van der Waals surface area (Å²) in [5, 5.41) is 0. The molecule has 104 valence electrons. The molecule has 0 amide bonds. The minimum atomic E-state index is -1.94. The molecule has 0 bridgehead atoms. The van der Waals surface area contributed by atoms with Crippen molar-refractivity contribution in [1.82, 2.24) is 0 Å². The van der Waals surface area contributed by atoms with Gasteiger partial charge in [-0.3, -0.25) is 0 Å². The van der Waals surface area contributed by atoms with Gasteiger partial charge in [-0.05, 0) is 58.7 Å². The molecular weight excluding hydrogens is 264 g/mol. The van der Waals surface area contributed by atoms with Crippen LogP contribution in [0.2, 0.25) is 44.8 Å². The zero-order valence-corrected chi connectivity index (χ0v) is 15.8. The van der Waals surface area contributed by atoms with Crippen molar-refractivity contribution in [3.05, 3.63) is 0 Å². The van der Waals surface area contributed by atoms with Crippen LogP contribution in [0.15, 0.2) is 0 Å². The molecule has 0 heterocycles. The second-order valence-corrected chi connectivity index (χ2v) is 15.8. The van der Waals surface area contributed by atoms with Gasteiger partial charge in [0.2, 0.25) is 0 Å². The summed E-state index contributed by atoms with van der Waals surface area (Å²) in [6, 6.07) is 2.22. The van der Waals surface area contributed by atoms with E-state index in [9.17, 15) is 0 Å². The number of rotatable bonds is 9. The summed E-state index contributed by atoms with van der Waals surface area (Å²) < 4.78 is 17.9. The topological polar surface area (TPSA) is 27.7 Å². The van der Waals surface area contributed by atoms with E-state index in [-0.39, 0.29) is 0 Å². The van der Waals surface area contributed by atoms with Crippen LogP contribution in [0.3, 0.4) is 0 Å². The molecule has 0 radical (unpaired) electrons. The summed E-state index contributed by atoms with van der Waals surface area (Å²) in [5.41, 5.74) is 0. The monoisotopic (exact) mass is 294 g/mol. The quantitative estimate of drug-likeness (QED) is 0.611. The summed E-state index contributed by atoms with van der Waals surface area (Å²) in [4.78, 5) is 0. The number of hydrogen-bond acceptors (Lipinski definition) is 3. The van der Waals surface area contributed by atoms with E-state index in [0.29, 0.717) is 0 Å². The Hall–Kier alpha value is 0.531. The lowest BCUT2D eigenvalue weighted by molar-refractivity contribution is 0.190. The van der Waals surface area contributed by atoms with Crippen molar-refractivity contribution in [3.8, 4) is 0 Å². The fourth-order valence-electron chi connectivity index (χ4n) is 2.02. The summed E-state index contributed by atoms with van der Waals surface area (Å²) in [6.45, 7) is 16.9. The molecule has 0 aromatic rings. The summed E-state index contributed by atoms with van der Waals surface area (Å²) in [7, 11) is -4.36. The molecule has 17 heavy (non-hydrogen) atoms. The second kappa shape index (κ2) is 7.85. The zero-order chi connectivity index (χ0) is 13.5. The van der Waals surface area contributed by atoms with Crippen molar-refractivity contribution in [1.29, 1.82) is 0 Å². The SMILES string of the molecule is CCO[Si](C)(CC[Si](C)(C)O[SiH](C)C)OCC. The highest BCUT2D eigenvalue weighted by atomic mass is 28.4. The standard InChI is InChI=1S/C11H30O3Si3/c1-8-12-17(7,13-9-2)11-10-16(5,6)14-15(3)4/h15H,8-11H2,1-7H3. The minimum absolute atomic E-state index is 0.754. The highest BCUT2D eigenvalue weighted by Crippen LogP contribution is 2.23. The van der Waals surface area contributed by atoms with Gasteiger partial charge in [-0.1, -0.05) is 0 Å². The van der Waals surface area contributed by atoms with Crippen LogP contribution >= 0.6 is 0 Å². The van der Waals surface area contributed by atoms with Crippen LogP contribution in [0.25, 0.3) is 0 Å². The molecule has 6 heteroatoms. The van der Waals surface area contributed by atoms with Gasteiger partial charge in [-0.2, -0.15) is 0 Å². The number of hydrogen-bond donors (Lipinski definition) is 0. The van der Waals surface area contributed by atoms with Crippen molar-refractivity contribution >= 4 is 25.9 Å². The van der Waals surface area contributed by atoms with Crippen molar-refractivity contribution in [2.75, 3.05) is 13.2 Å². The first-order chi connectivity index (χ1) is 7.74. The van der Waals surface area contributed by atoms with E-state index in [0.717, 1.165) is 25.3 Å². The molecular formula is C11H30O3Si3. The van der Waals surface area contributed by atoms with Crippen molar-refractivity contribution in [2.45, 2.75) is 58.7 Å². The Bertz CT molecular complexity index is 204. The molecule has 0 aliphatic carbocycles. The molecule has 0 N–H and O–H groups in total. The minimum Gasteiger partial charge on any atom is -0.458 e. The van der Waals surface area contributed by atoms with Gasteiger partial charge in [0, 0.05) is 13.2 Å². The first-order valence-corrected chi connectivity index (χ1v) is 15.1. The molecule has 0 saturated heterocycles. The Morgan fingerprint density at radius 1 is 0.882 bits per heavy atom. The van der Waals surface area contributed by atoms with Gasteiger partial charge < -0.3 is 13.0 Å².